The van der Waals surface area contributed by atoms with E-state index in [1.807, 2.05) is 31.3 Å². The van der Waals surface area contributed by atoms with E-state index in [1.165, 1.54) is 24.8 Å². The molecule has 6 rings (SSSR count). The zero-order valence-electron chi connectivity index (χ0n) is 21.2. The van der Waals surface area contributed by atoms with Crippen molar-refractivity contribution in [3.05, 3.63) is 94.6 Å². The van der Waals surface area contributed by atoms with Crippen LogP contribution in [0.2, 0.25) is 5.02 Å². The minimum absolute atomic E-state index is 0.336. The van der Waals surface area contributed by atoms with Crippen LogP contribution < -0.4 is 10.7 Å². The predicted molar refractivity (Wildman–Crippen MR) is 152 cm³/mol. The van der Waals surface area contributed by atoms with Crippen LogP contribution in [-0.2, 0) is 0 Å². The summed E-state index contributed by atoms with van der Waals surface area (Å²) >= 11 is 6.25. The number of pyridine rings is 1. The first kappa shape index (κ1) is 23.7. The molecule has 3 aromatic rings. The molecule has 2 aromatic carbocycles. The quantitative estimate of drug-likeness (QED) is 0.253. The molecular formula is C31H30ClN5. The molecule has 0 spiro atoms. The molecule has 5 nitrogen and oxygen atoms in total. The van der Waals surface area contributed by atoms with Crippen LogP contribution in [-0.4, -0.2) is 20.6 Å². The minimum atomic E-state index is 0.336. The van der Waals surface area contributed by atoms with E-state index in [1.54, 1.807) is 0 Å². The SMILES string of the molecule is Cc1ccc2nc3cc(Nc4ccc(C)nc4)c(=NC4CCCCC4)cc-3n(-c3ccc(Cl)cc3)c2c1. The van der Waals surface area contributed by atoms with Crippen LogP contribution in [0.25, 0.3) is 28.1 Å². The monoisotopic (exact) mass is 507 g/mol. The van der Waals surface area contributed by atoms with E-state index < -0.39 is 0 Å². The second kappa shape index (κ2) is 9.98. The molecule has 0 unspecified atom stereocenters. The highest BCUT2D eigenvalue weighted by atomic mass is 35.5. The highest BCUT2D eigenvalue weighted by molar-refractivity contribution is 6.30. The van der Waals surface area contributed by atoms with Crippen molar-refractivity contribution in [3.8, 4) is 17.1 Å². The van der Waals surface area contributed by atoms with Gasteiger partial charge in [0, 0.05) is 16.4 Å². The predicted octanol–water partition coefficient (Wildman–Crippen LogP) is 7.77. The zero-order valence-corrected chi connectivity index (χ0v) is 22.0. The lowest BCUT2D eigenvalue weighted by atomic mass is 9.96. The van der Waals surface area contributed by atoms with Crippen molar-refractivity contribution < 1.29 is 0 Å². The van der Waals surface area contributed by atoms with Gasteiger partial charge in [0.15, 0.2) is 0 Å². The van der Waals surface area contributed by atoms with Gasteiger partial charge in [0.05, 0.1) is 51.4 Å². The molecule has 1 saturated carbocycles. The van der Waals surface area contributed by atoms with Gasteiger partial charge in [0.25, 0.3) is 0 Å². The average molecular weight is 508 g/mol. The number of aromatic nitrogens is 3. The van der Waals surface area contributed by atoms with Crippen molar-refractivity contribution in [2.75, 3.05) is 5.32 Å². The fraction of sp³-hybridized carbons (Fsp3) is 0.258. The third-order valence-electron chi connectivity index (χ3n) is 7.12. The second-order valence-electron chi connectivity index (χ2n) is 10.0. The summed E-state index contributed by atoms with van der Waals surface area (Å²) in [5.74, 6) is 0. The number of aryl methyl sites for hydroxylation is 2. The molecule has 3 aliphatic rings. The molecule has 1 aromatic heterocycles. The third-order valence-corrected chi connectivity index (χ3v) is 7.37. The van der Waals surface area contributed by atoms with Gasteiger partial charge in [-0.2, -0.15) is 0 Å². The van der Waals surface area contributed by atoms with Gasteiger partial charge in [-0.1, -0.05) is 36.9 Å². The fourth-order valence-corrected chi connectivity index (χ4v) is 5.31. The third kappa shape index (κ3) is 4.96. The molecule has 0 amide bonds. The first-order valence-electron chi connectivity index (χ1n) is 13.0. The van der Waals surface area contributed by atoms with Crippen LogP contribution in [0.3, 0.4) is 0 Å². The number of anilines is 2. The Balaban J connectivity index is 1.62. The number of nitrogens with zero attached hydrogens (tertiary/aromatic N) is 4. The number of hydrogen-bond donors (Lipinski definition) is 1. The van der Waals surface area contributed by atoms with Gasteiger partial charge < -0.3 is 9.88 Å². The van der Waals surface area contributed by atoms with Crippen LogP contribution in [0.15, 0.2) is 77.9 Å². The number of nitrogens with one attached hydrogen (secondary N) is 1. The Kier molecular flexibility index (Phi) is 6.39. The van der Waals surface area contributed by atoms with Gasteiger partial charge >= 0.3 is 0 Å². The largest absolute Gasteiger partial charge is 0.352 e. The van der Waals surface area contributed by atoms with Crippen molar-refractivity contribution in [2.45, 2.75) is 52.0 Å². The maximum atomic E-state index is 6.25. The normalized spacial score (nSPS) is 14.9. The number of fused-ring (bicyclic) bond motifs is 2. The van der Waals surface area contributed by atoms with Crippen molar-refractivity contribution in [1.29, 1.82) is 0 Å². The van der Waals surface area contributed by atoms with E-state index in [0.29, 0.717) is 6.04 Å². The van der Waals surface area contributed by atoms with E-state index in [2.05, 4.69) is 70.3 Å². The van der Waals surface area contributed by atoms with E-state index in [4.69, 9.17) is 21.6 Å². The van der Waals surface area contributed by atoms with Crippen molar-refractivity contribution >= 4 is 34.0 Å². The number of benzene rings is 3. The Morgan fingerprint density at radius 1 is 0.919 bits per heavy atom. The Morgan fingerprint density at radius 3 is 2.49 bits per heavy atom. The molecule has 0 bridgehead atoms. The van der Waals surface area contributed by atoms with Crippen molar-refractivity contribution in [2.24, 2.45) is 4.99 Å². The Labute approximate surface area is 222 Å². The highest BCUT2D eigenvalue weighted by Crippen LogP contribution is 2.31. The summed E-state index contributed by atoms with van der Waals surface area (Å²) in [5.41, 5.74) is 9.02. The summed E-state index contributed by atoms with van der Waals surface area (Å²) in [5, 5.41) is 5.25. The summed E-state index contributed by atoms with van der Waals surface area (Å²) < 4.78 is 2.28. The topological polar surface area (TPSA) is 55.1 Å². The molecule has 1 N–H and O–H groups in total. The van der Waals surface area contributed by atoms with E-state index in [-0.39, 0.29) is 0 Å². The van der Waals surface area contributed by atoms with Crippen LogP contribution in [0.1, 0.15) is 43.4 Å². The maximum Gasteiger partial charge on any atom is 0.0900 e. The maximum absolute atomic E-state index is 6.25. The molecule has 1 fully saturated rings. The number of hydrogen-bond acceptors (Lipinski definition) is 4. The Bertz CT molecular complexity index is 1600. The smallest absolute Gasteiger partial charge is 0.0900 e. The molecule has 0 saturated heterocycles. The van der Waals surface area contributed by atoms with E-state index in [0.717, 1.165) is 68.4 Å². The van der Waals surface area contributed by atoms with Gasteiger partial charge in [-0.15, -0.1) is 0 Å². The van der Waals surface area contributed by atoms with Gasteiger partial charge in [-0.3, -0.25) is 9.98 Å². The van der Waals surface area contributed by atoms with Crippen LogP contribution in [0, 0.1) is 13.8 Å². The summed E-state index contributed by atoms with van der Waals surface area (Å²) in [7, 11) is 0. The van der Waals surface area contributed by atoms with Gasteiger partial charge in [-0.05, 0) is 92.9 Å². The van der Waals surface area contributed by atoms with Crippen LogP contribution in [0.5, 0.6) is 0 Å². The van der Waals surface area contributed by atoms with Gasteiger partial charge in [0.2, 0.25) is 0 Å². The van der Waals surface area contributed by atoms with Crippen LogP contribution >= 0.6 is 11.6 Å². The molecule has 2 heterocycles. The first-order valence-corrected chi connectivity index (χ1v) is 13.4. The summed E-state index contributed by atoms with van der Waals surface area (Å²) in [6.45, 7) is 4.11. The minimum Gasteiger partial charge on any atom is -0.352 e. The Morgan fingerprint density at radius 2 is 1.73 bits per heavy atom. The average Bonchev–Trinajstić information content (AvgIpc) is 2.90. The first-order chi connectivity index (χ1) is 18.0. The van der Waals surface area contributed by atoms with Crippen molar-refractivity contribution in [1.82, 2.24) is 14.5 Å². The zero-order chi connectivity index (χ0) is 25.4. The standard InChI is InChI=1S/C31H30ClN5/c1-20-8-15-26-30(16-20)37(25-13-10-22(32)11-14-25)31-18-28(34-23-6-4-3-5-7-23)27(17-29(31)36-26)35-24-12-9-21(2)33-19-24/h8-19,23,35H,3-7H2,1-2H3. The summed E-state index contributed by atoms with van der Waals surface area (Å²) in [4.78, 5) is 14.8. The lowest BCUT2D eigenvalue weighted by Crippen LogP contribution is -2.19. The molecule has 1 aliphatic heterocycles. The molecule has 37 heavy (non-hydrogen) atoms. The number of rotatable bonds is 4. The second-order valence-corrected chi connectivity index (χ2v) is 10.4. The molecule has 2 aliphatic carbocycles. The van der Waals surface area contributed by atoms with Crippen molar-refractivity contribution in [3.63, 3.8) is 0 Å². The number of halogens is 1. The molecule has 0 radical (unpaired) electrons. The molecule has 6 heteroatoms. The van der Waals surface area contributed by atoms with E-state index >= 15 is 0 Å². The van der Waals surface area contributed by atoms with Crippen LogP contribution in [0.4, 0.5) is 11.4 Å². The molecular weight excluding hydrogens is 478 g/mol. The van der Waals surface area contributed by atoms with Gasteiger partial charge in [0.1, 0.15) is 0 Å². The molecule has 186 valence electrons. The summed E-state index contributed by atoms with van der Waals surface area (Å²) in [6, 6.07) is 23.1. The lowest BCUT2D eigenvalue weighted by molar-refractivity contribution is 0.437. The highest BCUT2D eigenvalue weighted by Gasteiger charge is 2.18. The summed E-state index contributed by atoms with van der Waals surface area (Å²) in [6.07, 6.45) is 7.92. The van der Waals surface area contributed by atoms with Gasteiger partial charge in [-0.25, -0.2) is 4.98 Å². The Hall–Kier alpha value is -3.70. The lowest BCUT2D eigenvalue weighted by Gasteiger charge is -2.22. The molecule has 0 atom stereocenters. The fourth-order valence-electron chi connectivity index (χ4n) is 5.18. The van der Waals surface area contributed by atoms with E-state index in [9.17, 15) is 0 Å².